The molecule has 10 nitrogen and oxygen atoms in total. The van der Waals surface area contributed by atoms with Crippen LogP contribution in [0.1, 0.15) is 51.0 Å². The monoisotopic (exact) mass is 500 g/mol. The second-order valence-electron chi connectivity index (χ2n) is 9.32. The van der Waals surface area contributed by atoms with Gasteiger partial charge in [0.1, 0.15) is 0 Å². The molecule has 0 bridgehead atoms. The van der Waals surface area contributed by atoms with Crippen LogP contribution in [0.15, 0.2) is 36.7 Å². The van der Waals surface area contributed by atoms with Crippen molar-refractivity contribution in [3.8, 4) is 11.5 Å². The van der Waals surface area contributed by atoms with Crippen LogP contribution in [0.2, 0.25) is 0 Å². The fraction of sp³-hybridized carbons (Fsp3) is 0.577. The Morgan fingerprint density at radius 3 is 2.78 bits per heavy atom. The lowest BCUT2D eigenvalue weighted by Crippen LogP contribution is -2.44. The molecule has 36 heavy (non-hydrogen) atoms. The topological polar surface area (TPSA) is 106 Å². The molecule has 0 spiro atoms. The van der Waals surface area contributed by atoms with E-state index in [1.54, 1.807) is 10.9 Å². The number of carboxylic acids is 1. The molecule has 10 heteroatoms. The largest absolute Gasteiger partial charge is 0.481 e. The highest BCUT2D eigenvalue weighted by molar-refractivity contribution is 5.78. The molecule has 1 aromatic heterocycles. The molecule has 3 heterocycles. The Labute approximate surface area is 211 Å². The predicted molar refractivity (Wildman–Crippen MR) is 132 cm³/mol. The van der Waals surface area contributed by atoms with Crippen LogP contribution in [-0.2, 0) is 21.0 Å². The smallest absolute Gasteiger partial charge is 0.308 e. The lowest BCUT2D eigenvalue weighted by molar-refractivity contribution is -0.188. The summed E-state index contributed by atoms with van der Waals surface area (Å²) in [6, 6.07) is 7.11. The number of benzene rings is 1. The summed E-state index contributed by atoms with van der Waals surface area (Å²) in [4.78, 5) is 33.7. The number of fused-ring (bicyclic) bond motifs is 1. The van der Waals surface area contributed by atoms with Gasteiger partial charge in [0.15, 0.2) is 11.5 Å². The van der Waals surface area contributed by atoms with E-state index in [-0.39, 0.29) is 31.2 Å². The van der Waals surface area contributed by atoms with Crippen LogP contribution in [0.4, 0.5) is 0 Å². The van der Waals surface area contributed by atoms with Crippen LogP contribution in [0.5, 0.6) is 11.5 Å². The van der Waals surface area contributed by atoms with Crippen molar-refractivity contribution in [2.45, 2.75) is 58.0 Å². The molecule has 0 aliphatic carbocycles. The van der Waals surface area contributed by atoms with E-state index < -0.39 is 11.9 Å². The molecule has 196 valence electrons. The van der Waals surface area contributed by atoms with Gasteiger partial charge in [-0.05, 0) is 43.0 Å². The number of ether oxygens (including phenoxy) is 2. The third-order valence-electron chi connectivity index (χ3n) is 6.85. The van der Waals surface area contributed by atoms with Crippen molar-refractivity contribution < 1.29 is 29.0 Å². The maximum absolute atomic E-state index is 13.3. The van der Waals surface area contributed by atoms with Crippen LogP contribution in [0, 0.1) is 5.92 Å². The highest BCUT2D eigenvalue weighted by Crippen LogP contribution is 2.42. The number of unbranched alkanes of at least 4 members (excludes halogenated alkanes) is 1. The predicted octanol–water partition coefficient (Wildman–Crippen LogP) is 3.14. The number of aliphatic carboxylic acids is 1. The third-order valence-corrected chi connectivity index (χ3v) is 6.85. The molecule has 0 saturated carbocycles. The summed E-state index contributed by atoms with van der Waals surface area (Å²) in [6.07, 6.45) is 6.72. The van der Waals surface area contributed by atoms with E-state index in [4.69, 9.17) is 14.3 Å². The number of carbonyl (C=O) groups is 2. The van der Waals surface area contributed by atoms with E-state index in [9.17, 15) is 14.7 Å². The van der Waals surface area contributed by atoms with E-state index >= 15 is 0 Å². The zero-order valence-electron chi connectivity index (χ0n) is 21.0. The quantitative estimate of drug-likeness (QED) is 0.418. The van der Waals surface area contributed by atoms with E-state index in [0.717, 1.165) is 24.8 Å². The van der Waals surface area contributed by atoms with Gasteiger partial charge in [0.2, 0.25) is 6.79 Å². The molecule has 2 aromatic rings. The van der Waals surface area contributed by atoms with Crippen LogP contribution < -0.4 is 9.47 Å². The van der Waals surface area contributed by atoms with Crippen molar-refractivity contribution >= 4 is 11.9 Å². The number of nitrogens with zero attached hydrogens (tertiary/aromatic N) is 4. The average molecular weight is 501 g/mol. The highest BCUT2D eigenvalue weighted by Gasteiger charge is 2.47. The Morgan fingerprint density at radius 1 is 1.22 bits per heavy atom. The Kier molecular flexibility index (Phi) is 8.82. The van der Waals surface area contributed by atoms with Gasteiger partial charge < -0.3 is 14.6 Å². The lowest BCUT2D eigenvalue weighted by Gasteiger charge is -2.29. The van der Waals surface area contributed by atoms with Crippen LogP contribution in [0.3, 0.4) is 0 Å². The second-order valence-corrected chi connectivity index (χ2v) is 9.32. The van der Waals surface area contributed by atoms with Gasteiger partial charge in [-0.2, -0.15) is 5.10 Å². The van der Waals surface area contributed by atoms with Gasteiger partial charge in [-0.15, -0.1) is 0 Å². The average Bonchev–Trinajstić information content (AvgIpc) is 3.62. The molecular weight excluding hydrogens is 464 g/mol. The molecule has 3 atom stereocenters. The molecule has 1 N–H and O–H groups in total. The summed E-state index contributed by atoms with van der Waals surface area (Å²) < 4.78 is 12.8. The minimum absolute atomic E-state index is 0.0992. The SMILES string of the molecule is CCCCN(OCCC)C(=O)CN1CC(c2ccc3c(c2)OCO3)C(C(=O)O)C1CCn1cccn1. The van der Waals surface area contributed by atoms with Crippen molar-refractivity contribution in [2.24, 2.45) is 5.92 Å². The molecule has 1 amide bonds. The fourth-order valence-corrected chi connectivity index (χ4v) is 5.05. The summed E-state index contributed by atoms with van der Waals surface area (Å²) in [5.74, 6) is -0.717. The maximum Gasteiger partial charge on any atom is 0.308 e. The number of hydrogen-bond donors (Lipinski definition) is 1. The molecule has 4 rings (SSSR count). The normalized spacial score (nSPS) is 21.1. The Balaban J connectivity index is 1.58. The molecule has 3 unspecified atom stereocenters. The number of carbonyl (C=O) groups excluding carboxylic acids is 1. The standard InChI is InChI=1S/C26H36N4O6/c1-3-5-12-30(36-14-4-2)24(31)17-28-16-20(19-7-8-22-23(15-19)35-18-34-22)25(26(32)33)21(28)9-13-29-11-6-10-27-29/h6-8,10-11,15,20-21,25H,3-5,9,12-14,16-18H2,1-2H3,(H,32,33). The Hall–Kier alpha value is -3.11. The summed E-state index contributed by atoms with van der Waals surface area (Å²) in [5, 5.41) is 16.1. The molecule has 2 aliphatic heterocycles. The lowest BCUT2D eigenvalue weighted by atomic mass is 9.84. The van der Waals surface area contributed by atoms with Crippen molar-refractivity contribution in [2.75, 3.05) is 33.0 Å². The second kappa shape index (κ2) is 12.2. The van der Waals surface area contributed by atoms with Gasteiger partial charge in [-0.3, -0.25) is 24.0 Å². The van der Waals surface area contributed by atoms with E-state index in [1.807, 2.05) is 42.3 Å². The molecular formula is C26H36N4O6. The van der Waals surface area contributed by atoms with Crippen LogP contribution in [-0.4, -0.2) is 75.8 Å². The Morgan fingerprint density at radius 2 is 2.06 bits per heavy atom. The first-order valence-electron chi connectivity index (χ1n) is 12.8. The van der Waals surface area contributed by atoms with E-state index in [2.05, 4.69) is 12.0 Å². The number of rotatable bonds is 13. The summed E-state index contributed by atoms with van der Waals surface area (Å²) in [5.41, 5.74) is 0.871. The highest BCUT2D eigenvalue weighted by atomic mass is 16.7. The van der Waals surface area contributed by atoms with Gasteiger partial charge in [0, 0.05) is 44.0 Å². The number of amides is 1. The van der Waals surface area contributed by atoms with Gasteiger partial charge in [0.25, 0.3) is 5.91 Å². The minimum atomic E-state index is -0.872. The summed E-state index contributed by atoms with van der Waals surface area (Å²) >= 11 is 0. The van der Waals surface area contributed by atoms with Crippen LogP contribution >= 0.6 is 0 Å². The molecule has 2 aliphatic rings. The molecule has 1 fully saturated rings. The van der Waals surface area contributed by atoms with Gasteiger partial charge in [-0.25, -0.2) is 5.06 Å². The Bertz CT molecular complexity index is 1010. The number of likely N-dealkylation sites (tertiary alicyclic amines) is 1. The van der Waals surface area contributed by atoms with Crippen molar-refractivity contribution in [1.29, 1.82) is 0 Å². The third kappa shape index (κ3) is 5.99. The fourth-order valence-electron chi connectivity index (χ4n) is 5.05. The molecule has 1 aromatic carbocycles. The van der Waals surface area contributed by atoms with Gasteiger partial charge >= 0.3 is 5.97 Å². The van der Waals surface area contributed by atoms with E-state index in [1.165, 1.54) is 5.06 Å². The zero-order chi connectivity index (χ0) is 25.5. The number of aryl methyl sites for hydroxylation is 1. The summed E-state index contributed by atoms with van der Waals surface area (Å²) in [6.45, 7) is 6.33. The first kappa shape index (κ1) is 26.0. The molecule has 0 radical (unpaired) electrons. The maximum atomic E-state index is 13.3. The number of hydrogen-bond acceptors (Lipinski definition) is 7. The van der Waals surface area contributed by atoms with E-state index in [0.29, 0.717) is 44.2 Å². The first-order chi connectivity index (χ1) is 17.5. The zero-order valence-corrected chi connectivity index (χ0v) is 21.0. The van der Waals surface area contributed by atoms with Crippen molar-refractivity contribution in [3.05, 3.63) is 42.2 Å². The number of aromatic nitrogens is 2. The van der Waals surface area contributed by atoms with Crippen molar-refractivity contribution in [1.82, 2.24) is 19.7 Å². The van der Waals surface area contributed by atoms with Crippen molar-refractivity contribution in [3.63, 3.8) is 0 Å². The molecule has 1 saturated heterocycles. The summed E-state index contributed by atoms with van der Waals surface area (Å²) in [7, 11) is 0. The first-order valence-corrected chi connectivity index (χ1v) is 12.8. The minimum Gasteiger partial charge on any atom is -0.481 e. The van der Waals surface area contributed by atoms with Crippen LogP contribution in [0.25, 0.3) is 0 Å². The number of carboxylic acid groups (broad SMARTS) is 1. The number of hydroxylamine groups is 2. The van der Waals surface area contributed by atoms with Gasteiger partial charge in [-0.1, -0.05) is 26.3 Å². The van der Waals surface area contributed by atoms with Gasteiger partial charge in [0.05, 0.1) is 19.1 Å².